The maximum atomic E-state index is 4.51. The van der Waals surface area contributed by atoms with E-state index in [1.807, 2.05) is 12.3 Å². The number of para-hydroxylation sites is 1. The zero-order chi connectivity index (χ0) is 11.7. The van der Waals surface area contributed by atoms with E-state index in [0.29, 0.717) is 6.04 Å². The minimum Gasteiger partial charge on any atom is -0.369 e. The maximum absolute atomic E-state index is 4.51. The fourth-order valence-corrected chi connectivity index (χ4v) is 2.54. The number of benzene rings is 1. The van der Waals surface area contributed by atoms with Crippen molar-refractivity contribution in [3.05, 3.63) is 36.5 Å². The van der Waals surface area contributed by atoms with Crippen LogP contribution in [0.3, 0.4) is 0 Å². The molecule has 3 rings (SSSR count). The summed E-state index contributed by atoms with van der Waals surface area (Å²) in [6.45, 7) is 2.19. The van der Waals surface area contributed by atoms with Crippen LogP contribution in [0.25, 0.3) is 10.9 Å². The highest BCUT2D eigenvalue weighted by atomic mass is 35.5. The van der Waals surface area contributed by atoms with Crippen LogP contribution in [0.2, 0.25) is 0 Å². The van der Waals surface area contributed by atoms with Gasteiger partial charge in [0.25, 0.3) is 0 Å². The van der Waals surface area contributed by atoms with E-state index in [4.69, 9.17) is 0 Å². The van der Waals surface area contributed by atoms with Crippen molar-refractivity contribution < 1.29 is 0 Å². The Bertz CT molecular complexity index is 518. The molecule has 2 aromatic rings. The van der Waals surface area contributed by atoms with Crippen molar-refractivity contribution in [3.63, 3.8) is 0 Å². The van der Waals surface area contributed by atoms with Crippen LogP contribution >= 0.6 is 12.4 Å². The van der Waals surface area contributed by atoms with Gasteiger partial charge in [0.15, 0.2) is 0 Å². The summed E-state index contributed by atoms with van der Waals surface area (Å²) >= 11 is 0. The minimum atomic E-state index is 0. The number of hydrogen-bond acceptors (Lipinski definition) is 3. The van der Waals surface area contributed by atoms with Gasteiger partial charge in [-0.05, 0) is 25.1 Å². The zero-order valence-corrected chi connectivity index (χ0v) is 11.3. The molecule has 1 atom stereocenters. The highest BCUT2D eigenvalue weighted by Gasteiger charge is 2.20. The second-order valence-electron chi connectivity index (χ2n) is 4.61. The summed E-state index contributed by atoms with van der Waals surface area (Å²) in [6.07, 6.45) is 3.08. The molecule has 0 radical (unpaired) electrons. The van der Waals surface area contributed by atoms with Gasteiger partial charge in [-0.2, -0.15) is 0 Å². The molecule has 1 aliphatic heterocycles. The summed E-state index contributed by atoms with van der Waals surface area (Å²) in [5.74, 6) is 0. The molecule has 1 N–H and O–H groups in total. The summed E-state index contributed by atoms with van der Waals surface area (Å²) in [5.41, 5.74) is 2.33. The normalized spacial score (nSPS) is 18.6. The van der Waals surface area contributed by atoms with E-state index < -0.39 is 0 Å². The molecule has 2 heterocycles. The molecule has 0 amide bonds. The number of nitrogens with one attached hydrogen (secondary N) is 1. The average Bonchev–Trinajstić information content (AvgIpc) is 2.91. The Morgan fingerprint density at radius 1 is 1.28 bits per heavy atom. The quantitative estimate of drug-likeness (QED) is 0.902. The predicted octanol–water partition coefficient (Wildman–Crippen LogP) is 2.45. The molecule has 0 spiro atoms. The van der Waals surface area contributed by atoms with Crippen LogP contribution in [0.1, 0.15) is 6.42 Å². The predicted molar refractivity (Wildman–Crippen MR) is 78.7 cm³/mol. The Kier molecular flexibility index (Phi) is 4.04. The minimum absolute atomic E-state index is 0. The lowest BCUT2D eigenvalue weighted by molar-refractivity contribution is 0.687. The topological polar surface area (TPSA) is 28.2 Å². The Balaban J connectivity index is 0.00000120. The molecule has 96 valence electrons. The van der Waals surface area contributed by atoms with Crippen molar-refractivity contribution in [2.24, 2.45) is 0 Å². The molecule has 0 saturated carbocycles. The first kappa shape index (κ1) is 13.1. The van der Waals surface area contributed by atoms with Crippen molar-refractivity contribution in [3.8, 4) is 0 Å². The molecule has 3 nitrogen and oxygen atoms in total. The van der Waals surface area contributed by atoms with Gasteiger partial charge in [-0.25, -0.2) is 0 Å². The van der Waals surface area contributed by atoms with E-state index in [1.165, 1.54) is 17.5 Å². The van der Waals surface area contributed by atoms with Gasteiger partial charge >= 0.3 is 0 Å². The molecule has 1 aromatic heterocycles. The van der Waals surface area contributed by atoms with Crippen LogP contribution in [0.5, 0.6) is 0 Å². The lowest BCUT2D eigenvalue weighted by atomic mass is 10.1. The molecule has 4 heteroatoms. The summed E-state index contributed by atoms with van der Waals surface area (Å²) in [4.78, 5) is 6.87. The molecule has 1 saturated heterocycles. The molecule has 0 unspecified atom stereocenters. The van der Waals surface area contributed by atoms with Gasteiger partial charge in [-0.3, -0.25) is 4.98 Å². The fourth-order valence-electron chi connectivity index (χ4n) is 2.54. The van der Waals surface area contributed by atoms with Crippen molar-refractivity contribution >= 4 is 29.0 Å². The lowest BCUT2D eigenvalue weighted by Gasteiger charge is -2.26. The number of fused-ring (bicyclic) bond motifs is 1. The van der Waals surface area contributed by atoms with E-state index in [2.05, 4.69) is 46.5 Å². The number of halogens is 1. The van der Waals surface area contributed by atoms with Crippen molar-refractivity contribution in [1.29, 1.82) is 0 Å². The van der Waals surface area contributed by atoms with Gasteiger partial charge < -0.3 is 10.2 Å². The van der Waals surface area contributed by atoms with Gasteiger partial charge in [0.05, 0.1) is 11.2 Å². The Morgan fingerprint density at radius 2 is 2.11 bits per heavy atom. The summed E-state index contributed by atoms with van der Waals surface area (Å²) in [6, 6.07) is 11.1. The van der Waals surface area contributed by atoms with Crippen LogP contribution in [0.15, 0.2) is 36.5 Å². The van der Waals surface area contributed by atoms with E-state index in [-0.39, 0.29) is 12.4 Å². The Labute approximate surface area is 114 Å². The van der Waals surface area contributed by atoms with Gasteiger partial charge in [0, 0.05) is 31.2 Å². The van der Waals surface area contributed by atoms with E-state index >= 15 is 0 Å². The highest BCUT2D eigenvalue weighted by molar-refractivity contribution is 5.90. The van der Waals surface area contributed by atoms with E-state index in [1.54, 1.807) is 0 Å². The van der Waals surface area contributed by atoms with E-state index in [9.17, 15) is 0 Å². The van der Waals surface area contributed by atoms with Crippen LogP contribution < -0.4 is 10.2 Å². The number of pyridine rings is 1. The van der Waals surface area contributed by atoms with Crippen molar-refractivity contribution in [2.45, 2.75) is 12.5 Å². The smallest absolute Gasteiger partial charge is 0.0935 e. The molecule has 1 fully saturated rings. The van der Waals surface area contributed by atoms with Crippen LogP contribution in [0.4, 0.5) is 5.69 Å². The van der Waals surface area contributed by atoms with Crippen LogP contribution in [0, 0.1) is 0 Å². The monoisotopic (exact) mass is 263 g/mol. The molecule has 0 bridgehead atoms. The first-order valence-electron chi connectivity index (χ1n) is 6.13. The number of hydrogen-bond donors (Lipinski definition) is 1. The molecule has 1 aromatic carbocycles. The first-order chi connectivity index (χ1) is 8.36. The average molecular weight is 264 g/mol. The number of likely N-dealkylation sites (N-methyl/N-ethyl adjacent to an activating group) is 1. The van der Waals surface area contributed by atoms with Crippen LogP contribution in [-0.4, -0.2) is 31.2 Å². The SMILES string of the molecule is CN(c1cccc2cccnc12)[C@@H]1CCNC1.Cl. The molecule has 18 heavy (non-hydrogen) atoms. The van der Waals surface area contributed by atoms with Gasteiger partial charge in [-0.1, -0.05) is 18.2 Å². The molecule has 1 aliphatic rings. The van der Waals surface area contributed by atoms with Gasteiger partial charge in [0.1, 0.15) is 0 Å². The Hall–Kier alpha value is -1.32. The van der Waals surface area contributed by atoms with Crippen molar-refractivity contribution in [1.82, 2.24) is 10.3 Å². The first-order valence-corrected chi connectivity index (χ1v) is 6.13. The number of aromatic nitrogens is 1. The zero-order valence-electron chi connectivity index (χ0n) is 10.5. The van der Waals surface area contributed by atoms with Crippen LogP contribution in [-0.2, 0) is 0 Å². The third-order valence-electron chi connectivity index (χ3n) is 3.57. The third kappa shape index (κ3) is 2.28. The second kappa shape index (κ2) is 5.55. The largest absolute Gasteiger partial charge is 0.369 e. The summed E-state index contributed by atoms with van der Waals surface area (Å²) in [7, 11) is 2.17. The lowest BCUT2D eigenvalue weighted by Crippen LogP contribution is -2.33. The third-order valence-corrected chi connectivity index (χ3v) is 3.57. The highest BCUT2D eigenvalue weighted by Crippen LogP contribution is 2.26. The molecular formula is C14H18ClN3. The van der Waals surface area contributed by atoms with Gasteiger partial charge in [0.2, 0.25) is 0 Å². The van der Waals surface area contributed by atoms with E-state index in [0.717, 1.165) is 18.6 Å². The molecule has 0 aliphatic carbocycles. The maximum Gasteiger partial charge on any atom is 0.0935 e. The number of anilines is 1. The second-order valence-corrected chi connectivity index (χ2v) is 4.61. The number of rotatable bonds is 2. The Morgan fingerprint density at radius 3 is 2.89 bits per heavy atom. The summed E-state index contributed by atoms with van der Waals surface area (Å²) in [5, 5.41) is 4.62. The fraction of sp³-hybridized carbons (Fsp3) is 0.357. The molecular weight excluding hydrogens is 246 g/mol. The van der Waals surface area contributed by atoms with Gasteiger partial charge in [-0.15, -0.1) is 12.4 Å². The standard InChI is InChI=1S/C14H17N3.ClH/c1-17(12-7-9-15-10-12)13-6-2-4-11-5-3-8-16-14(11)13;/h2-6,8,12,15H,7,9-10H2,1H3;1H/t12-;/m1./s1. The number of nitrogens with zero attached hydrogens (tertiary/aromatic N) is 2. The van der Waals surface area contributed by atoms with Crippen molar-refractivity contribution in [2.75, 3.05) is 25.0 Å². The summed E-state index contributed by atoms with van der Waals surface area (Å²) < 4.78 is 0.